The molecule has 0 bridgehead atoms. The van der Waals surface area contributed by atoms with E-state index in [0.29, 0.717) is 29.8 Å². The Morgan fingerprint density at radius 1 is 1.26 bits per heavy atom. The van der Waals surface area contributed by atoms with Crippen molar-refractivity contribution >= 4 is 23.2 Å². The van der Waals surface area contributed by atoms with Crippen LogP contribution in [0.25, 0.3) is 0 Å². The molecule has 0 aromatic heterocycles. The number of phenols is 1. The van der Waals surface area contributed by atoms with E-state index >= 15 is 0 Å². The minimum Gasteiger partial charge on any atom is -0.506 e. The lowest BCUT2D eigenvalue weighted by atomic mass is 10.2. The average Bonchev–Trinajstić information content (AvgIpc) is 2.87. The molecule has 2 N–H and O–H groups in total. The van der Waals surface area contributed by atoms with Crippen molar-refractivity contribution < 1.29 is 9.84 Å². The molecule has 1 aromatic rings. The molecule has 106 valence electrons. The molecule has 0 amide bonds. The molecule has 19 heavy (non-hydrogen) atoms. The maximum atomic E-state index is 9.79. The summed E-state index contributed by atoms with van der Waals surface area (Å²) in [7, 11) is 0. The summed E-state index contributed by atoms with van der Waals surface area (Å²) >= 11 is 11.8. The van der Waals surface area contributed by atoms with Crippen LogP contribution in [-0.4, -0.2) is 24.4 Å². The SMILES string of the molecule is Oc1c(Cl)cc(Cl)cc1CNCCOC1CCCC1. The number of benzene rings is 1. The van der Waals surface area contributed by atoms with Crippen molar-refractivity contribution in [2.24, 2.45) is 0 Å². The average molecular weight is 304 g/mol. The molecular weight excluding hydrogens is 285 g/mol. The molecule has 0 radical (unpaired) electrons. The van der Waals surface area contributed by atoms with Crippen molar-refractivity contribution in [3.63, 3.8) is 0 Å². The molecule has 5 heteroatoms. The summed E-state index contributed by atoms with van der Waals surface area (Å²) in [6.07, 6.45) is 5.38. The smallest absolute Gasteiger partial charge is 0.138 e. The van der Waals surface area contributed by atoms with Crippen molar-refractivity contribution in [3.05, 3.63) is 27.7 Å². The quantitative estimate of drug-likeness (QED) is 0.787. The highest BCUT2D eigenvalue weighted by Gasteiger charge is 2.14. The highest BCUT2D eigenvalue weighted by Crippen LogP contribution is 2.30. The molecule has 0 spiro atoms. The van der Waals surface area contributed by atoms with Crippen LogP contribution in [0.2, 0.25) is 10.0 Å². The van der Waals surface area contributed by atoms with E-state index in [1.54, 1.807) is 6.07 Å². The summed E-state index contributed by atoms with van der Waals surface area (Å²) in [6, 6.07) is 3.25. The number of ether oxygens (including phenoxy) is 1. The zero-order valence-electron chi connectivity index (χ0n) is 10.8. The fraction of sp³-hybridized carbons (Fsp3) is 0.571. The van der Waals surface area contributed by atoms with Gasteiger partial charge in [0.05, 0.1) is 17.7 Å². The normalized spacial score (nSPS) is 16.1. The van der Waals surface area contributed by atoms with Crippen LogP contribution in [0.3, 0.4) is 0 Å². The number of halogens is 2. The van der Waals surface area contributed by atoms with Crippen molar-refractivity contribution in [1.29, 1.82) is 0 Å². The van der Waals surface area contributed by atoms with Gasteiger partial charge in [0.2, 0.25) is 0 Å². The summed E-state index contributed by atoms with van der Waals surface area (Å²) in [6.45, 7) is 1.97. The Hall–Kier alpha value is -0.480. The van der Waals surface area contributed by atoms with E-state index < -0.39 is 0 Å². The second kappa shape index (κ2) is 7.34. The van der Waals surface area contributed by atoms with Gasteiger partial charge < -0.3 is 15.2 Å². The van der Waals surface area contributed by atoms with Gasteiger partial charge in [-0.1, -0.05) is 36.0 Å². The van der Waals surface area contributed by atoms with Crippen molar-refractivity contribution in [3.8, 4) is 5.75 Å². The fourth-order valence-electron chi connectivity index (χ4n) is 2.33. The van der Waals surface area contributed by atoms with Crippen molar-refractivity contribution in [2.75, 3.05) is 13.2 Å². The van der Waals surface area contributed by atoms with Crippen LogP contribution in [0.1, 0.15) is 31.2 Å². The van der Waals surface area contributed by atoms with E-state index in [4.69, 9.17) is 27.9 Å². The first-order valence-corrected chi connectivity index (χ1v) is 7.41. The molecule has 0 unspecified atom stereocenters. The predicted octanol–water partition coefficient (Wildman–Crippen LogP) is 3.75. The van der Waals surface area contributed by atoms with Gasteiger partial charge in [-0.25, -0.2) is 0 Å². The van der Waals surface area contributed by atoms with Gasteiger partial charge in [-0.3, -0.25) is 0 Å². The third-order valence-corrected chi connectivity index (χ3v) is 3.86. The third-order valence-electron chi connectivity index (χ3n) is 3.36. The predicted molar refractivity (Wildman–Crippen MR) is 78.0 cm³/mol. The maximum Gasteiger partial charge on any atom is 0.138 e. The third kappa shape index (κ3) is 4.53. The lowest BCUT2D eigenvalue weighted by Gasteiger charge is -2.12. The van der Waals surface area contributed by atoms with Gasteiger partial charge in [-0.2, -0.15) is 0 Å². The fourth-order valence-corrected chi connectivity index (χ4v) is 2.87. The largest absolute Gasteiger partial charge is 0.506 e. The second-order valence-electron chi connectivity index (χ2n) is 4.85. The molecule has 3 nitrogen and oxygen atoms in total. The van der Waals surface area contributed by atoms with E-state index in [0.717, 1.165) is 6.54 Å². The number of aromatic hydroxyl groups is 1. The highest BCUT2D eigenvalue weighted by molar-refractivity contribution is 6.35. The molecule has 0 saturated heterocycles. The Kier molecular flexibility index (Phi) is 5.76. The zero-order chi connectivity index (χ0) is 13.7. The molecule has 1 aliphatic carbocycles. The Bertz CT molecular complexity index is 420. The van der Waals surface area contributed by atoms with Crippen molar-refractivity contribution in [2.45, 2.75) is 38.3 Å². The summed E-state index contributed by atoms with van der Waals surface area (Å²) in [5, 5.41) is 13.8. The minimum atomic E-state index is 0.0928. The van der Waals surface area contributed by atoms with Crippen LogP contribution >= 0.6 is 23.2 Å². The maximum absolute atomic E-state index is 9.79. The molecule has 0 atom stereocenters. The van der Waals surface area contributed by atoms with E-state index in [-0.39, 0.29) is 10.8 Å². The molecule has 0 heterocycles. The van der Waals surface area contributed by atoms with Crippen LogP contribution in [0, 0.1) is 0 Å². The van der Waals surface area contributed by atoms with Crippen LogP contribution in [0.5, 0.6) is 5.75 Å². The molecule has 1 aliphatic rings. The first kappa shape index (κ1) is 14.9. The molecule has 2 rings (SSSR count). The van der Waals surface area contributed by atoms with E-state index in [9.17, 15) is 5.11 Å². The number of rotatable bonds is 6. The molecule has 1 saturated carbocycles. The lowest BCUT2D eigenvalue weighted by Crippen LogP contribution is -2.22. The Labute approximate surface area is 123 Å². The first-order chi connectivity index (χ1) is 9.16. The Morgan fingerprint density at radius 2 is 2.00 bits per heavy atom. The van der Waals surface area contributed by atoms with Crippen molar-refractivity contribution in [1.82, 2.24) is 5.32 Å². The second-order valence-corrected chi connectivity index (χ2v) is 5.69. The van der Waals surface area contributed by atoms with Gasteiger partial charge in [0.1, 0.15) is 5.75 Å². The van der Waals surface area contributed by atoms with Gasteiger partial charge in [0, 0.05) is 23.7 Å². The van der Waals surface area contributed by atoms with Crippen LogP contribution in [0.4, 0.5) is 0 Å². The highest BCUT2D eigenvalue weighted by atomic mass is 35.5. The molecule has 1 fully saturated rings. The topological polar surface area (TPSA) is 41.5 Å². The monoisotopic (exact) mass is 303 g/mol. The van der Waals surface area contributed by atoms with Gasteiger partial charge in [-0.15, -0.1) is 0 Å². The van der Waals surface area contributed by atoms with Crippen LogP contribution in [0.15, 0.2) is 12.1 Å². The standard InChI is InChI=1S/C14H19Cl2NO2/c15-11-7-10(14(18)13(16)8-11)9-17-5-6-19-12-3-1-2-4-12/h7-8,12,17-18H,1-6,9H2. The zero-order valence-corrected chi connectivity index (χ0v) is 12.3. The van der Waals surface area contributed by atoms with E-state index in [1.165, 1.54) is 31.7 Å². The summed E-state index contributed by atoms with van der Waals surface area (Å²) in [5.74, 6) is 0.0928. The summed E-state index contributed by atoms with van der Waals surface area (Å²) in [4.78, 5) is 0. The van der Waals surface area contributed by atoms with Crippen LogP contribution in [-0.2, 0) is 11.3 Å². The Morgan fingerprint density at radius 3 is 2.74 bits per heavy atom. The van der Waals surface area contributed by atoms with Crippen LogP contribution < -0.4 is 5.32 Å². The minimum absolute atomic E-state index is 0.0928. The van der Waals surface area contributed by atoms with Gasteiger partial charge in [-0.05, 0) is 25.0 Å². The summed E-state index contributed by atoms with van der Waals surface area (Å²) in [5.41, 5.74) is 0.707. The molecular formula is C14H19Cl2NO2. The Balaban J connectivity index is 1.70. The molecule has 0 aliphatic heterocycles. The van der Waals surface area contributed by atoms with E-state index in [2.05, 4.69) is 5.32 Å². The number of hydrogen-bond acceptors (Lipinski definition) is 3. The van der Waals surface area contributed by atoms with Gasteiger partial charge >= 0.3 is 0 Å². The molecule has 1 aromatic carbocycles. The lowest BCUT2D eigenvalue weighted by molar-refractivity contribution is 0.0602. The number of nitrogens with one attached hydrogen (secondary N) is 1. The first-order valence-electron chi connectivity index (χ1n) is 6.66. The number of phenolic OH excluding ortho intramolecular Hbond substituents is 1. The van der Waals surface area contributed by atoms with E-state index in [1.807, 2.05) is 0 Å². The number of hydrogen-bond donors (Lipinski definition) is 2. The van der Waals surface area contributed by atoms with Gasteiger partial charge in [0.25, 0.3) is 0 Å². The summed E-state index contributed by atoms with van der Waals surface area (Å²) < 4.78 is 5.74. The van der Waals surface area contributed by atoms with Gasteiger partial charge in [0.15, 0.2) is 0 Å².